The summed E-state index contributed by atoms with van der Waals surface area (Å²) in [5.74, 6) is 5.45. The van der Waals surface area contributed by atoms with Crippen molar-refractivity contribution in [1.82, 2.24) is 0 Å². The Bertz CT molecular complexity index is 1530. The molecule has 0 aliphatic rings. The lowest BCUT2D eigenvalue weighted by Gasteiger charge is -2.18. The van der Waals surface area contributed by atoms with Crippen molar-refractivity contribution in [3.63, 3.8) is 0 Å². The van der Waals surface area contributed by atoms with Gasteiger partial charge >= 0.3 is 0 Å². The minimum absolute atomic E-state index is 0.0347. The van der Waals surface area contributed by atoms with Crippen LogP contribution < -0.4 is 38.1 Å². The average Bonchev–Trinajstić information content (AvgIpc) is 3.06. The molecule has 45 heavy (non-hydrogen) atoms. The maximum atomic E-state index is 12.9. The fraction of sp³-hybridized carbons (Fsp3) is 0.324. The van der Waals surface area contributed by atoms with Gasteiger partial charge in [-0.1, -0.05) is 11.6 Å². The summed E-state index contributed by atoms with van der Waals surface area (Å²) in [6, 6.07) is 12.2. The van der Waals surface area contributed by atoms with Crippen LogP contribution in [0.2, 0.25) is 0 Å². The molecule has 3 aromatic rings. The number of allylic oxidation sites excluding steroid dienone is 2. The number of hydrogen-bond donors (Lipinski definition) is 0. The van der Waals surface area contributed by atoms with Gasteiger partial charge in [0.05, 0.1) is 60.0 Å². The van der Waals surface area contributed by atoms with E-state index in [4.69, 9.17) is 44.8 Å². The van der Waals surface area contributed by atoms with E-state index in [9.17, 15) is 9.59 Å². The van der Waals surface area contributed by atoms with Gasteiger partial charge in [-0.3, -0.25) is 4.79 Å². The molecule has 0 radical (unpaired) electrons. The van der Waals surface area contributed by atoms with E-state index in [1.807, 2.05) is 25.9 Å². The van der Waals surface area contributed by atoms with Crippen molar-refractivity contribution in [2.24, 2.45) is 0 Å². The zero-order valence-electron chi connectivity index (χ0n) is 27.1. The Labute approximate surface area is 269 Å². The molecular weight excluding hydrogens is 602 g/mol. The molecule has 0 aliphatic carbocycles. The first-order valence-electron chi connectivity index (χ1n) is 13.8. The number of benzene rings is 3. The predicted octanol–water partition coefficient (Wildman–Crippen LogP) is 6.28. The number of ether oxygens (including phenoxy) is 7. The zero-order chi connectivity index (χ0) is 33.5. The third-order valence-electron chi connectivity index (χ3n) is 6.39. The Hall–Kier alpha value is -4.79. The molecule has 3 aromatic carbocycles. The molecule has 0 saturated carbocycles. The Morgan fingerprint density at radius 3 is 1.91 bits per heavy atom. The third-order valence-corrected chi connectivity index (χ3v) is 6.67. The van der Waals surface area contributed by atoms with E-state index >= 15 is 0 Å². The monoisotopic (exact) mass is 641 g/mol. The Balaban J connectivity index is 0.000000372. The van der Waals surface area contributed by atoms with Crippen molar-refractivity contribution in [2.75, 3.05) is 68.3 Å². The molecule has 0 heterocycles. The molecule has 0 fully saturated rings. The van der Waals surface area contributed by atoms with Gasteiger partial charge in [0, 0.05) is 55.4 Å². The van der Waals surface area contributed by atoms with Crippen LogP contribution in [0.15, 0.2) is 53.6 Å². The van der Waals surface area contributed by atoms with Crippen molar-refractivity contribution in [3.05, 3.63) is 70.3 Å². The molecule has 10 nitrogen and oxygen atoms in total. The molecule has 0 unspecified atom stereocenters. The van der Waals surface area contributed by atoms with E-state index in [2.05, 4.69) is 0 Å². The van der Waals surface area contributed by atoms with Crippen LogP contribution >= 0.6 is 11.6 Å². The van der Waals surface area contributed by atoms with E-state index in [1.54, 1.807) is 82.9 Å². The highest BCUT2D eigenvalue weighted by Crippen LogP contribution is 2.38. The molecule has 0 aliphatic heterocycles. The summed E-state index contributed by atoms with van der Waals surface area (Å²) in [6.45, 7) is 2.44. The first-order valence-corrected chi connectivity index (χ1v) is 14.1. The number of methoxy groups -OCH3 is 6. The second kappa shape index (κ2) is 18.1. The summed E-state index contributed by atoms with van der Waals surface area (Å²) in [5.41, 5.74) is 2.64. The largest absolute Gasteiger partial charge is 0.497 e. The number of anilines is 1. The molecule has 0 saturated heterocycles. The molecular formula is C34H40ClNO9. The molecule has 3 rings (SSSR count). The summed E-state index contributed by atoms with van der Waals surface area (Å²) < 4.78 is 37.2. The van der Waals surface area contributed by atoms with Crippen LogP contribution in [0.5, 0.6) is 40.2 Å². The number of rotatable bonds is 14. The molecule has 0 atom stereocenters. The zero-order valence-corrected chi connectivity index (χ0v) is 27.9. The van der Waals surface area contributed by atoms with Crippen molar-refractivity contribution < 1.29 is 42.7 Å². The maximum absolute atomic E-state index is 12.9. The molecule has 0 aromatic heterocycles. The Morgan fingerprint density at radius 2 is 1.40 bits per heavy atom. The number of hydrogen-bond acceptors (Lipinski definition) is 10. The van der Waals surface area contributed by atoms with Crippen LogP contribution in [0.3, 0.4) is 0 Å². The minimum atomic E-state index is -0.318. The van der Waals surface area contributed by atoms with Crippen molar-refractivity contribution in [2.45, 2.75) is 13.3 Å². The van der Waals surface area contributed by atoms with Crippen LogP contribution in [0.4, 0.5) is 5.69 Å². The van der Waals surface area contributed by atoms with Gasteiger partial charge in [0.1, 0.15) is 23.2 Å². The van der Waals surface area contributed by atoms with E-state index in [1.165, 1.54) is 20.3 Å². The van der Waals surface area contributed by atoms with E-state index in [0.29, 0.717) is 64.4 Å². The van der Waals surface area contributed by atoms with Gasteiger partial charge in [0.2, 0.25) is 5.78 Å². The van der Waals surface area contributed by atoms with Gasteiger partial charge in [0.25, 0.3) is 0 Å². The SMILES string of the molecule is CCOc1ccc(C(=O)/C(Cl)=C\c2cc(OC)cc(OC)c2OC)cc1N(C)C.COc1cc(CC=C=O)c(OC)c(OC)c1. The van der Waals surface area contributed by atoms with Crippen molar-refractivity contribution >= 4 is 35.1 Å². The van der Waals surface area contributed by atoms with Crippen LogP contribution in [0, 0.1) is 0 Å². The quantitative estimate of drug-likeness (QED) is 0.113. The predicted molar refractivity (Wildman–Crippen MR) is 176 cm³/mol. The number of ketones is 1. The number of nitrogens with zero attached hydrogens (tertiary/aromatic N) is 1. The lowest BCUT2D eigenvalue weighted by Crippen LogP contribution is -2.12. The highest BCUT2D eigenvalue weighted by Gasteiger charge is 2.18. The normalized spacial score (nSPS) is 10.4. The second-order valence-corrected chi connectivity index (χ2v) is 9.74. The molecule has 0 spiro atoms. The standard InChI is InChI=1S/C22H26ClNO5.C12H14O4/c1-7-29-19-9-8-14(12-18(19)24(2)3)21(25)17(23)11-15-10-16(26-4)13-20(27-5)22(15)28-6;1-14-10-7-9(5-4-6-13)12(16-3)11(8-10)15-2/h8-13H,7H2,1-6H3;4,7-8H,5H2,1-3H3/b17-11+;. The second-order valence-electron chi connectivity index (χ2n) is 9.33. The van der Waals surface area contributed by atoms with Gasteiger partial charge in [-0.25, -0.2) is 4.79 Å². The molecule has 11 heteroatoms. The lowest BCUT2D eigenvalue weighted by molar-refractivity contribution is 0.104. The number of halogens is 1. The average molecular weight is 642 g/mol. The maximum Gasteiger partial charge on any atom is 0.204 e. The molecule has 242 valence electrons. The molecule has 0 amide bonds. The molecule has 0 N–H and O–H groups in total. The summed E-state index contributed by atoms with van der Waals surface area (Å²) in [6.07, 6.45) is 3.36. The van der Waals surface area contributed by atoms with E-state index in [0.717, 1.165) is 11.3 Å². The van der Waals surface area contributed by atoms with Gasteiger partial charge in [-0.2, -0.15) is 0 Å². The van der Waals surface area contributed by atoms with E-state index in [-0.39, 0.29) is 10.8 Å². The van der Waals surface area contributed by atoms with E-state index < -0.39 is 0 Å². The fourth-order valence-electron chi connectivity index (χ4n) is 4.25. The van der Waals surface area contributed by atoms with Crippen molar-refractivity contribution in [1.29, 1.82) is 0 Å². The summed E-state index contributed by atoms with van der Waals surface area (Å²) in [7, 11) is 13.0. The minimum Gasteiger partial charge on any atom is -0.497 e. The smallest absolute Gasteiger partial charge is 0.204 e. The number of carbonyl (C=O) groups is 1. The number of carbonyl (C=O) groups excluding carboxylic acids is 2. The number of Topliss-reactive ketones (excluding diaryl/α,β-unsaturated/α-hetero) is 1. The highest BCUT2D eigenvalue weighted by atomic mass is 35.5. The van der Waals surface area contributed by atoms with Gasteiger partial charge in [0.15, 0.2) is 23.0 Å². The molecule has 0 bridgehead atoms. The van der Waals surface area contributed by atoms with Gasteiger partial charge in [-0.15, -0.1) is 0 Å². The van der Waals surface area contributed by atoms with Crippen LogP contribution in [0.25, 0.3) is 6.08 Å². The Kier molecular flexibility index (Phi) is 14.7. The van der Waals surface area contributed by atoms with Crippen LogP contribution in [-0.2, 0) is 11.2 Å². The summed E-state index contributed by atoms with van der Waals surface area (Å²) in [5, 5.41) is 0.0347. The third kappa shape index (κ3) is 9.60. The lowest BCUT2D eigenvalue weighted by atomic mass is 10.1. The summed E-state index contributed by atoms with van der Waals surface area (Å²) in [4.78, 5) is 25.0. The summed E-state index contributed by atoms with van der Waals surface area (Å²) >= 11 is 6.38. The Morgan fingerprint density at radius 1 is 0.800 bits per heavy atom. The highest BCUT2D eigenvalue weighted by molar-refractivity contribution is 6.47. The van der Waals surface area contributed by atoms with Crippen LogP contribution in [0.1, 0.15) is 28.4 Å². The van der Waals surface area contributed by atoms with Crippen LogP contribution in [-0.4, -0.2) is 75.1 Å². The van der Waals surface area contributed by atoms with Gasteiger partial charge < -0.3 is 38.1 Å². The first kappa shape index (κ1) is 36.4. The fourth-order valence-corrected chi connectivity index (χ4v) is 4.48. The first-order chi connectivity index (χ1) is 21.6. The van der Waals surface area contributed by atoms with Crippen molar-refractivity contribution in [3.8, 4) is 40.2 Å². The topological polar surface area (TPSA) is 102 Å². The van der Waals surface area contributed by atoms with Gasteiger partial charge in [-0.05, 0) is 43.3 Å².